The number of thiophene rings is 1. The largest absolute Gasteiger partial charge is 0.289 e. The third kappa shape index (κ3) is 5.88. The van der Waals surface area contributed by atoms with Crippen LogP contribution in [0.4, 0.5) is 0 Å². The molecule has 0 N–H and O–H groups in total. The Morgan fingerprint density at radius 2 is 0.694 bits per heavy atom. The molecule has 0 bridgehead atoms. The Morgan fingerprint density at radius 3 is 1.12 bits per heavy atom. The van der Waals surface area contributed by atoms with E-state index in [0.29, 0.717) is 22.3 Å². The molecule has 4 nitrogen and oxygen atoms in total. The van der Waals surface area contributed by atoms with Crippen LogP contribution in [0.25, 0.3) is 53.4 Å². The summed E-state index contributed by atoms with van der Waals surface area (Å²) in [7, 11) is 0. The van der Waals surface area contributed by atoms with Crippen LogP contribution in [0.15, 0.2) is 170 Å². The van der Waals surface area contributed by atoms with Gasteiger partial charge in [-0.25, -0.2) is 9.97 Å². The quantitative estimate of drug-likeness (QED) is 0.178. The van der Waals surface area contributed by atoms with Gasteiger partial charge in [0.25, 0.3) is 0 Å². The molecular formula is C44H28N2O2S. The minimum absolute atomic E-state index is 0.0641. The number of para-hydroxylation sites is 2. The first-order valence-electron chi connectivity index (χ1n) is 16.0. The lowest BCUT2D eigenvalue weighted by atomic mass is 9.84. The monoisotopic (exact) mass is 648 g/mol. The Hall–Kier alpha value is -6.30. The summed E-state index contributed by atoms with van der Waals surface area (Å²) in [6.45, 7) is 0. The van der Waals surface area contributed by atoms with Crippen molar-refractivity contribution in [2.75, 3.05) is 0 Å². The van der Waals surface area contributed by atoms with Crippen molar-refractivity contribution in [1.82, 2.24) is 9.97 Å². The molecule has 0 saturated heterocycles. The van der Waals surface area contributed by atoms with Gasteiger partial charge < -0.3 is 0 Å². The lowest BCUT2D eigenvalue weighted by Crippen LogP contribution is -2.20. The van der Waals surface area contributed by atoms with E-state index in [0.717, 1.165) is 33.2 Å². The summed E-state index contributed by atoms with van der Waals surface area (Å²) >= 11 is 1.86. The topological polar surface area (TPSA) is 59.9 Å². The van der Waals surface area contributed by atoms with E-state index in [1.54, 1.807) is 48.5 Å². The second kappa shape index (κ2) is 13.1. The fourth-order valence-electron chi connectivity index (χ4n) is 6.14. The highest BCUT2D eigenvalue weighted by Gasteiger charge is 2.28. The van der Waals surface area contributed by atoms with Crippen LogP contribution in [-0.4, -0.2) is 21.5 Å². The predicted molar refractivity (Wildman–Crippen MR) is 202 cm³/mol. The number of fused-ring (bicyclic) bond motifs is 7. The Morgan fingerprint density at radius 1 is 0.347 bits per heavy atom. The number of rotatable bonds is 1. The van der Waals surface area contributed by atoms with Gasteiger partial charge in [0.2, 0.25) is 0 Å². The lowest BCUT2D eigenvalue weighted by molar-refractivity contribution is 0.0979. The molecule has 1 aliphatic carbocycles. The Balaban J connectivity index is 0.000000109. The number of carbonyl (C=O) groups is 2. The zero-order valence-electron chi connectivity index (χ0n) is 26.3. The molecular weight excluding hydrogens is 621 g/mol. The minimum atomic E-state index is -0.0641. The standard InChI is InChI=1S/C18H12N2.C14H8O2.C12H8S/c1-3-7-15-13(5-1)9-11-17(19-15)18-12-10-14-6-2-4-8-16(14)20-18;15-13-9-5-1-2-6-10(9)14(16)12-8-4-3-7-11(12)13;1-3-7-11-9(5-1)10-6-2-4-8-12(10)13-11/h1-12H;1-8H;1-8H. The SMILES string of the molecule is O=C1c2ccccc2C(=O)c2ccccc21.c1ccc2c(c1)sc1ccccc12.c1ccc2nc(-c3ccc4ccccc4n3)ccc2c1. The van der Waals surface area contributed by atoms with Crippen LogP contribution in [0.5, 0.6) is 0 Å². The summed E-state index contributed by atoms with van der Waals surface area (Å²) in [5.74, 6) is -0.128. The van der Waals surface area contributed by atoms with E-state index in [1.807, 2.05) is 59.9 Å². The van der Waals surface area contributed by atoms with Crippen LogP contribution in [0.3, 0.4) is 0 Å². The number of ketones is 2. The molecule has 5 heteroatoms. The van der Waals surface area contributed by atoms with E-state index in [9.17, 15) is 9.59 Å². The first-order chi connectivity index (χ1) is 24.1. The molecule has 0 fully saturated rings. The highest BCUT2D eigenvalue weighted by Crippen LogP contribution is 2.33. The van der Waals surface area contributed by atoms with Gasteiger partial charge in [-0.2, -0.15) is 0 Å². The number of aromatic nitrogens is 2. The molecule has 0 unspecified atom stereocenters. The maximum Gasteiger partial charge on any atom is 0.194 e. The van der Waals surface area contributed by atoms with Crippen molar-refractivity contribution in [1.29, 1.82) is 0 Å². The van der Waals surface area contributed by atoms with Crippen LogP contribution in [0, 0.1) is 0 Å². The Labute approximate surface area is 287 Å². The summed E-state index contributed by atoms with van der Waals surface area (Å²) < 4.78 is 2.76. The summed E-state index contributed by atoms with van der Waals surface area (Å²) in [4.78, 5) is 33.6. The van der Waals surface area contributed by atoms with E-state index < -0.39 is 0 Å². The molecule has 0 radical (unpaired) electrons. The van der Waals surface area contributed by atoms with Crippen LogP contribution < -0.4 is 0 Å². The number of hydrogen-bond acceptors (Lipinski definition) is 5. The van der Waals surface area contributed by atoms with E-state index >= 15 is 0 Å². The van der Waals surface area contributed by atoms with Crippen LogP contribution in [0.2, 0.25) is 0 Å². The summed E-state index contributed by atoms with van der Waals surface area (Å²) in [5, 5.41) is 5.06. The molecule has 0 amide bonds. The number of benzene rings is 6. The molecule has 10 rings (SSSR count). The molecule has 1 aliphatic rings. The number of carbonyl (C=O) groups excluding carboxylic acids is 2. The highest BCUT2D eigenvalue weighted by molar-refractivity contribution is 7.25. The van der Waals surface area contributed by atoms with Gasteiger partial charge in [0.05, 0.1) is 22.4 Å². The molecule has 0 saturated carbocycles. The molecule has 232 valence electrons. The van der Waals surface area contributed by atoms with Crippen molar-refractivity contribution < 1.29 is 9.59 Å². The minimum Gasteiger partial charge on any atom is -0.289 e. The first kappa shape index (κ1) is 30.1. The first-order valence-corrected chi connectivity index (χ1v) is 16.8. The van der Waals surface area contributed by atoms with Crippen LogP contribution >= 0.6 is 11.3 Å². The number of nitrogens with zero attached hydrogens (tertiary/aromatic N) is 2. The average Bonchev–Trinajstić information content (AvgIpc) is 3.56. The maximum absolute atomic E-state index is 12.1. The molecule has 0 aliphatic heterocycles. The highest BCUT2D eigenvalue weighted by atomic mass is 32.1. The zero-order valence-corrected chi connectivity index (χ0v) is 27.1. The smallest absolute Gasteiger partial charge is 0.194 e. The second-order valence-corrected chi connectivity index (χ2v) is 12.7. The predicted octanol–water partition coefficient (Wildman–Crippen LogP) is 11.0. The number of pyridine rings is 2. The Bertz CT molecular complexity index is 2440. The van der Waals surface area contributed by atoms with Crippen molar-refractivity contribution in [3.63, 3.8) is 0 Å². The fraction of sp³-hybridized carbons (Fsp3) is 0. The van der Waals surface area contributed by atoms with Crippen molar-refractivity contribution in [3.8, 4) is 11.4 Å². The molecule has 0 spiro atoms. The van der Waals surface area contributed by atoms with Gasteiger partial charge >= 0.3 is 0 Å². The van der Waals surface area contributed by atoms with Gasteiger partial charge in [-0.15, -0.1) is 11.3 Å². The van der Waals surface area contributed by atoms with Gasteiger partial charge in [-0.05, 0) is 36.4 Å². The molecule has 49 heavy (non-hydrogen) atoms. The van der Waals surface area contributed by atoms with E-state index in [-0.39, 0.29) is 11.6 Å². The van der Waals surface area contributed by atoms with Crippen LogP contribution in [0.1, 0.15) is 31.8 Å². The maximum atomic E-state index is 12.1. The summed E-state index contributed by atoms with van der Waals surface area (Å²) in [6, 6.07) is 55.5. The van der Waals surface area contributed by atoms with Gasteiger partial charge in [-0.1, -0.05) is 133 Å². The van der Waals surface area contributed by atoms with Gasteiger partial charge in [-0.3, -0.25) is 9.59 Å². The van der Waals surface area contributed by atoms with E-state index in [4.69, 9.17) is 0 Å². The van der Waals surface area contributed by atoms with Crippen molar-refractivity contribution in [2.24, 2.45) is 0 Å². The van der Waals surface area contributed by atoms with Crippen molar-refractivity contribution >= 4 is 64.9 Å². The lowest BCUT2D eigenvalue weighted by Gasteiger charge is -2.16. The molecule has 3 heterocycles. The van der Waals surface area contributed by atoms with Crippen molar-refractivity contribution in [2.45, 2.75) is 0 Å². The third-order valence-corrected chi connectivity index (χ3v) is 9.73. The third-order valence-electron chi connectivity index (χ3n) is 8.58. The molecule has 0 atom stereocenters. The van der Waals surface area contributed by atoms with Gasteiger partial charge in [0.1, 0.15) is 0 Å². The number of hydrogen-bond donors (Lipinski definition) is 0. The molecule has 9 aromatic rings. The summed E-state index contributed by atoms with van der Waals surface area (Å²) in [6.07, 6.45) is 0. The average molecular weight is 649 g/mol. The summed E-state index contributed by atoms with van der Waals surface area (Å²) in [5.41, 5.74) is 5.85. The second-order valence-electron chi connectivity index (χ2n) is 11.6. The Kier molecular flexibility index (Phi) is 8.02. The molecule has 3 aromatic heterocycles. The fourth-order valence-corrected chi connectivity index (χ4v) is 7.25. The normalized spacial score (nSPS) is 11.8. The van der Waals surface area contributed by atoms with Gasteiger partial charge in [0.15, 0.2) is 11.6 Å². The zero-order chi connectivity index (χ0) is 33.2. The van der Waals surface area contributed by atoms with Gasteiger partial charge in [0, 0.05) is 53.2 Å². The van der Waals surface area contributed by atoms with Crippen molar-refractivity contribution in [3.05, 3.63) is 192 Å². The van der Waals surface area contributed by atoms with E-state index in [2.05, 4.69) is 82.8 Å². The molecule has 6 aromatic carbocycles. The van der Waals surface area contributed by atoms with Crippen LogP contribution in [-0.2, 0) is 0 Å². The van der Waals surface area contributed by atoms with E-state index in [1.165, 1.54) is 20.2 Å².